The van der Waals surface area contributed by atoms with E-state index in [0.717, 1.165) is 57.8 Å². The molecule has 4 aliphatic heterocycles. The van der Waals surface area contributed by atoms with Gasteiger partial charge in [-0.25, -0.2) is 0 Å². The van der Waals surface area contributed by atoms with E-state index < -0.39 is 0 Å². The van der Waals surface area contributed by atoms with Crippen LogP contribution >= 0.6 is 11.6 Å². The second kappa shape index (κ2) is 9.77. The number of amides is 1. The van der Waals surface area contributed by atoms with Crippen molar-refractivity contribution in [2.45, 2.75) is 57.2 Å². The van der Waals surface area contributed by atoms with Crippen LogP contribution < -0.4 is 4.74 Å². The van der Waals surface area contributed by atoms with E-state index in [4.69, 9.17) is 16.3 Å². The largest absolute Gasteiger partial charge is 0.497 e. The van der Waals surface area contributed by atoms with E-state index in [1.807, 2.05) is 24.3 Å². The molecule has 3 aromatic rings. The molecule has 4 saturated heterocycles. The lowest BCUT2D eigenvalue weighted by Crippen LogP contribution is -2.66. The number of benzene rings is 2. The third-order valence-corrected chi connectivity index (χ3v) is 10.0. The van der Waals surface area contributed by atoms with E-state index in [1.165, 1.54) is 38.8 Å². The van der Waals surface area contributed by atoms with Crippen molar-refractivity contribution in [3.63, 3.8) is 0 Å². The Hall–Kier alpha value is -2.76. The number of methoxy groups -OCH3 is 1. The summed E-state index contributed by atoms with van der Waals surface area (Å²) in [5, 5.41) is 1.87. The summed E-state index contributed by atoms with van der Waals surface area (Å²) in [7, 11) is 1.70. The van der Waals surface area contributed by atoms with Crippen molar-refractivity contribution >= 4 is 34.5 Å². The maximum atomic E-state index is 14.0. The number of aromatic nitrogens is 1. The minimum absolute atomic E-state index is 0.261. The van der Waals surface area contributed by atoms with Crippen LogP contribution in [0, 0.1) is 11.8 Å². The number of carbonyl (C=O) groups is 1. The van der Waals surface area contributed by atoms with Crippen LogP contribution in [0.3, 0.4) is 0 Å². The lowest BCUT2D eigenvalue weighted by Gasteiger charge is -2.58. The van der Waals surface area contributed by atoms with Crippen LogP contribution in [0.4, 0.5) is 0 Å². The van der Waals surface area contributed by atoms with Crippen LogP contribution in [0.15, 0.2) is 54.2 Å². The Morgan fingerprint density at radius 3 is 2.76 bits per heavy atom. The quantitative estimate of drug-likeness (QED) is 0.376. The monoisotopic (exact) mass is 529 g/mol. The SMILES string of the molecule is COc1ccc2c(c1)c(/C=C1\CC[C@@H]3[C@H]4CCCN5CCC[C@@H](CN3C1=O)[C@@H]45)cn2Cc1ccccc1Cl. The molecule has 0 bridgehead atoms. The molecule has 2 aromatic carbocycles. The molecule has 5 nitrogen and oxygen atoms in total. The van der Waals surface area contributed by atoms with Gasteiger partial charge in [-0.2, -0.15) is 0 Å². The van der Waals surface area contributed by atoms with Gasteiger partial charge in [0.2, 0.25) is 5.91 Å². The summed E-state index contributed by atoms with van der Waals surface area (Å²) in [6.45, 7) is 4.12. The molecule has 4 aliphatic rings. The summed E-state index contributed by atoms with van der Waals surface area (Å²) in [5.41, 5.74) is 4.21. The van der Waals surface area contributed by atoms with Gasteiger partial charge in [0.05, 0.1) is 7.11 Å². The Kier molecular flexibility index (Phi) is 6.24. The number of halogens is 1. The van der Waals surface area contributed by atoms with E-state index >= 15 is 0 Å². The lowest BCUT2D eigenvalue weighted by molar-refractivity contribution is -0.145. The van der Waals surface area contributed by atoms with Gasteiger partial charge in [0.15, 0.2) is 0 Å². The number of piperidine rings is 4. The molecule has 38 heavy (non-hydrogen) atoms. The fourth-order valence-electron chi connectivity index (χ4n) is 8.00. The Morgan fingerprint density at radius 2 is 1.92 bits per heavy atom. The zero-order valence-corrected chi connectivity index (χ0v) is 22.9. The fraction of sp³-hybridized carbons (Fsp3) is 0.469. The molecule has 5 heterocycles. The molecule has 0 spiro atoms. The maximum absolute atomic E-state index is 14.0. The van der Waals surface area contributed by atoms with Gasteiger partial charge < -0.3 is 14.2 Å². The van der Waals surface area contributed by atoms with E-state index in [9.17, 15) is 4.79 Å². The molecule has 198 valence electrons. The topological polar surface area (TPSA) is 37.7 Å². The zero-order valence-electron chi connectivity index (χ0n) is 22.1. The standard InChI is InChI=1S/C32H36ClN3O2/c1-38-25-11-13-29-27(17-25)24(19-35(29)18-22-6-2-3-9-28(22)33)16-21-10-12-30-26-8-5-15-34-14-4-7-23(31(26)34)20-36(30)32(21)37/h2-3,6,9,11,13,16-17,19,23,26,30-31H,4-5,7-8,10,12,14-15,18,20H2,1H3/b21-16+/t23-,26+,30+,31-/m0/s1. The molecule has 4 fully saturated rings. The summed E-state index contributed by atoms with van der Waals surface area (Å²) in [6, 6.07) is 15.3. The van der Waals surface area contributed by atoms with Gasteiger partial charge in [-0.3, -0.25) is 9.69 Å². The van der Waals surface area contributed by atoms with Crippen molar-refractivity contribution in [3.05, 3.63) is 70.4 Å². The number of hydrogen-bond acceptors (Lipinski definition) is 3. The molecule has 0 unspecified atom stereocenters. The third kappa shape index (κ3) is 4.06. The van der Waals surface area contributed by atoms with Gasteiger partial charge in [0, 0.05) is 58.4 Å². The Morgan fingerprint density at radius 1 is 1.08 bits per heavy atom. The number of fused-ring (bicyclic) bond motifs is 3. The van der Waals surface area contributed by atoms with Crippen LogP contribution in [0.2, 0.25) is 5.02 Å². The second-order valence-corrected chi connectivity index (χ2v) is 12.1. The summed E-state index contributed by atoms with van der Waals surface area (Å²) >= 11 is 6.51. The number of nitrogens with zero attached hydrogens (tertiary/aromatic N) is 3. The fourth-order valence-corrected chi connectivity index (χ4v) is 8.20. The van der Waals surface area contributed by atoms with Crippen molar-refractivity contribution in [1.29, 1.82) is 0 Å². The Balaban J connectivity index is 1.23. The molecule has 4 atom stereocenters. The molecule has 7 rings (SSSR count). The number of ether oxygens (including phenoxy) is 1. The predicted octanol–water partition coefficient (Wildman–Crippen LogP) is 6.23. The molecule has 1 amide bonds. The van der Waals surface area contributed by atoms with Gasteiger partial charge in [0.25, 0.3) is 0 Å². The average molecular weight is 530 g/mol. The minimum atomic E-state index is 0.261. The normalized spacial score (nSPS) is 28.4. The van der Waals surface area contributed by atoms with Crippen molar-refractivity contribution in [3.8, 4) is 5.75 Å². The van der Waals surface area contributed by atoms with Gasteiger partial charge in [-0.05, 0) is 99.4 Å². The molecule has 0 N–H and O–H groups in total. The highest BCUT2D eigenvalue weighted by Crippen LogP contribution is 2.45. The predicted molar refractivity (Wildman–Crippen MR) is 153 cm³/mol. The van der Waals surface area contributed by atoms with Gasteiger partial charge >= 0.3 is 0 Å². The highest BCUT2D eigenvalue weighted by Gasteiger charge is 2.51. The van der Waals surface area contributed by atoms with Crippen molar-refractivity contribution < 1.29 is 9.53 Å². The van der Waals surface area contributed by atoms with E-state index in [0.29, 0.717) is 30.5 Å². The van der Waals surface area contributed by atoms with Crippen LogP contribution in [-0.4, -0.2) is 59.1 Å². The average Bonchev–Trinajstić information content (AvgIpc) is 3.28. The maximum Gasteiger partial charge on any atom is 0.250 e. The minimum Gasteiger partial charge on any atom is -0.497 e. The summed E-state index contributed by atoms with van der Waals surface area (Å²) in [6.07, 6.45) is 11.4. The first-order valence-electron chi connectivity index (χ1n) is 14.3. The lowest BCUT2D eigenvalue weighted by atomic mass is 9.67. The van der Waals surface area contributed by atoms with E-state index in [1.54, 1.807) is 7.11 Å². The third-order valence-electron chi connectivity index (χ3n) is 9.66. The molecule has 0 saturated carbocycles. The van der Waals surface area contributed by atoms with Crippen LogP contribution in [-0.2, 0) is 11.3 Å². The first kappa shape index (κ1) is 24.3. The van der Waals surface area contributed by atoms with Gasteiger partial charge in [-0.15, -0.1) is 0 Å². The molecule has 1 aromatic heterocycles. The molecular formula is C32H36ClN3O2. The zero-order chi connectivity index (χ0) is 25.8. The van der Waals surface area contributed by atoms with Crippen LogP contribution in [0.1, 0.15) is 49.7 Å². The van der Waals surface area contributed by atoms with Crippen molar-refractivity contribution in [2.24, 2.45) is 11.8 Å². The van der Waals surface area contributed by atoms with Crippen molar-refractivity contribution in [2.75, 3.05) is 26.7 Å². The highest BCUT2D eigenvalue weighted by atomic mass is 35.5. The van der Waals surface area contributed by atoms with E-state index in [-0.39, 0.29) is 5.91 Å². The van der Waals surface area contributed by atoms with Crippen molar-refractivity contribution in [1.82, 2.24) is 14.4 Å². The summed E-state index contributed by atoms with van der Waals surface area (Å²) in [4.78, 5) is 19.0. The second-order valence-electron chi connectivity index (χ2n) is 11.7. The van der Waals surface area contributed by atoms with Gasteiger partial charge in [0.1, 0.15) is 5.75 Å². The van der Waals surface area contributed by atoms with E-state index in [2.05, 4.69) is 44.8 Å². The smallest absolute Gasteiger partial charge is 0.250 e. The molecular weight excluding hydrogens is 494 g/mol. The number of rotatable bonds is 4. The molecule has 0 radical (unpaired) electrons. The van der Waals surface area contributed by atoms with Gasteiger partial charge in [-0.1, -0.05) is 29.8 Å². The summed E-state index contributed by atoms with van der Waals surface area (Å²) < 4.78 is 7.80. The number of carbonyl (C=O) groups excluding carboxylic acids is 1. The summed E-state index contributed by atoms with van der Waals surface area (Å²) in [5.74, 6) is 2.37. The first-order chi connectivity index (χ1) is 18.6. The molecule has 0 aliphatic carbocycles. The number of hydrogen-bond donors (Lipinski definition) is 0. The Bertz CT molecular complexity index is 1410. The Labute approximate surface area is 230 Å². The first-order valence-corrected chi connectivity index (χ1v) is 14.6. The highest BCUT2D eigenvalue weighted by molar-refractivity contribution is 6.31. The molecule has 6 heteroatoms. The van der Waals surface area contributed by atoms with Crippen LogP contribution in [0.5, 0.6) is 5.75 Å². The van der Waals surface area contributed by atoms with Crippen LogP contribution in [0.25, 0.3) is 17.0 Å².